The molecule has 4 aromatic rings. The molecular formula is C29H28ClNO4S. The molecule has 4 aromatic carbocycles. The molecule has 0 aliphatic rings. The highest BCUT2D eigenvalue weighted by molar-refractivity contribution is 7.91. The van der Waals surface area contributed by atoms with Gasteiger partial charge in [0.2, 0.25) is 9.84 Å². The molecule has 36 heavy (non-hydrogen) atoms. The average Bonchev–Trinajstić information content (AvgIpc) is 2.88. The number of phenolic OH excluding ortho intramolecular Hbond substituents is 1. The minimum absolute atomic E-state index is 0.109. The monoisotopic (exact) mass is 521 g/mol. The summed E-state index contributed by atoms with van der Waals surface area (Å²) in [5.41, 5.74) is 2.88. The maximum Gasteiger partial charge on any atom is 0.210 e. The van der Waals surface area contributed by atoms with E-state index in [-0.39, 0.29) is 15.5 Å². The summed E-state index contributed by atoms with van der Waals surface area (Å²) in [7, 11) is -3.81. The first kappa shape index (κ1) is 25.9. The second-order valence-corrected chi connectivity index (χ2v) is 11.0. The number of phenols is 1. The van der Waals surface area contributed by atoms with E-state index in [2.05, 4.69) is 17.0 Å². The number of rotatable bonds is 10. The Bertz CT molecular complexity index is 1390. The van der Waals surface area contributed by atoms with Gasteiger partial charge in [0.1, 0.15) is 10.6 Å². The Morgan fingerprint density at radius 3 is 2.19 bits per heavy atom. The molecule has 0 heterocycles. The predicted octanol–water partition coefficient (Wildman–Crippen LogP) is 5.66. The van der Waals surface area contributed by atoms with E-state index < -0.39 is 15.9 Å². The van der Waals surface area contributed by atoms with Crippen molar-refractivity contribution in [3.63, 3.8) is 0 Å². The van der Waals surface area contributed by atoms with Crippen LogP contribution in [0.2, 0.25) is 5.02 Å². The Labute approximate surface area is 217 Å². The van der Waals surface area contributed by atoms with Gasteiger partial charge in [-0.25, -0.2) is 8.42 Å². The number of para-hydroxylation sites is 1. The Hall–Kier alpha value is -3.16. The second kappa shape index (κ2) is 11.7. The Kier molecular flexibility index (Phi) is 8.44. The lowest BCUT2D eigenvalue weighted by atomic mass is 10.1. The van der Waals surface area contributed by atoms with E-state index in [1.165, 1.54) is 12.1 Å². The maximum absolute atomic E-state index is 12.9. The van der Waals surface area contributed by atoms with Gasteiger partial charge < -0.3 is 10.2 Å². The molecule has 5 nitrogen and oxygen atoms in total. The first-order chi connectivity index (χ1) is 17.3. The summed E-state index contributed by atoms with van der Waals surface area (Å²) in [4.78, 5) is 2.19. The quantitative estimate of drug-likeness (QED) is 0.282. The Morgan fingerprint density at radius 2 is 1.50 bits per heavy atom. The Balaban J connectivity index is 1.47. The van der Waals surface area contributed by atoms with Crippen LogP contribution in [0.15, 0.2) is 113 Å². The first-order valence-electron chi connectivity index (χ1n) is 11.6. The number of aromatic hydroxyl groups is 1. The molecule has 0 amide bonds. The largest absolute Gasteiger partial charge is 0.507 e. The van der Waals surface area contributed by atoms with Crippen molar-refractivity contribution in [2.24, 2.45) is 0 Å². The van der Waals surface area contributed by atoms with Gasteiger partial charge in [0.05, 0.1) is 11.0 Å². The summed E-state index contributed by atoms with van der Waals surface area (Å²) in [5, 5.41) is 21.4. The smallest absolute Gasteiger partial charge is 0.210 e. The van der Waals surface area contributed by atoms with Gasteiger partial charge in [-0.2, -0.15) is 0 Å². The van der Waals surface area contributed by atoms with Gasteiger partial charge in [0.15, 0.2) is 0 Å². The van der Waals surface area contributed by atoms with Crippen molar-refractivity contribution in [3.8, 4) is 5.75 Å². The van der Waals surface area contributed by atoms with Crippen LogP contribution in [0.1, 0.15) is 22.8 Å². The molecule has 0 unspecified atom stereocenters. The molecule has 186 valence electrons. The van der Waals surface area contributed by atoms with Gasteiger partial charge in [-0.3, -0.25) is 4.90 Å². The third kappa shape index (κ3) is 6.53. The average molecular weight is 522 g/mol. The number of hydrogen-bond donors (Lipinski definition) is 2. The standard InChI is InChI=1S/C29H28ClNO4S/c30-25-10-6-9-24(19-25)28(33)21-31(20-23-7-2-1-3-8-23)18-17-22-13-15-26(16-14-22)36(34,35)29-12-5-4-11-27(29)32/h1-16,19,28,32-33H,17-18,20-21H2/t28-/m1/s1. The topological polar surface area (TPSA) is 77.8 Å². The van der Waals surface area contributed by atoms with E-state index in [0.717, 1.165) is 16.7 Å². The molecule has 0 saturated carbocycles. The van der Waals surface area contributed by atoms with Gasteiger partial charge >= 0.3 is 0 Å². The zero-order valence-corrected chi connectivity index (χ0v) is 21.2. The molecule has 0 fully saturated rings. The molecule has 7 heteroatoms. The lowest BCUT2D eigenvalue weighted by Crippen LogP contribution is -2.30. The highest BCUT2D eigenvalue weighted by Gasteiger charge is 2.21. The number of halogens is 1. The third-order valence-corrected chi connectivity index (χ3v) is 8.07. The summed E-state index contributed by atoms with van der Waals surface area (Å²) in [6.45, 7) is 1.76. The normalized spacial score (nSPS) is 12.5. The van der Waals surface area contributed by atoms with E-state index in [1.807, 2.05) is 30.3 Å². The van der Waals surface area contributed by atoms with E-state index in [0.29, 0.717) is 31.1 Å². The summed E-state index contributed by atoms with van der Waals surface area (Å²) in [6.07, 6.45) is -0.0232. The zero-order valence-electron chi connectivity index (χ0n) is 19.7. The molecule has 0 aliphatic heterocycles. The molecule has 0 bridgehead atoms. The second-order valence-electron chi connectivity index (χ2n) is 8.66. The van der Waals surface area contributed by atoms with E-state index in [4.69, 9.17) is 11.6 Å². The van der Waals surface area contributed by atoms with E-state index in [9.17, 15) is 18.6 Å². The molecule has 0 radical (unpaired) electrons. The molecule has 0 aliphatic carbocycles. The number of sulfone groups is 1. The van der Waals surface area contributed by atoms with Crippen molar-refractivity contribution in [3.05, 3.63) is 125 Å². The maximum atomic E-state index is 12.9. The van der Waals surface area contributed by atoms with Crippen LogP contribution in [-0.2, 0) is 22.8 Å². The molecule has 4 rings (SSSR count). The Morgan fingerprint density at radius 1 is 0.806 bits per heavy atom. The van der Waals surface area contributed by atoms with Crippen LogP contribution in [0.3, 0.4) is 0 Å². The summed E-state index contributed by atoms with van der Waals surface area (Å²) < 4.78 is 25.8. The number of hydrogen-bond acceptors (Lipinski definition) is 5. The molecule has 1 atom stereocenters. The van der Waals surface area contributed by atoms with Crippen LogP contribution in [0, 0.1) is 0 Å². The molecule has 0 spiro atoms. The fourth-order valence-corrected chi connectivity index (χ4v) is 5.62. The summed E-state index contributed by atoms with van der Waals surface area (Å²) >= 11 is 6.11. The van der Waals surface area contributed by atoms with Gasteiger partial charge in [0, 0.05) is 24.7 Å². The van der Waals surface area contributed by atoms with Crippen molar-refractivity contribution in [2.75, 3.05) is 13.1 Å². The minimum Gasteiger partial charge on any atom is -0.507 e. The van der Waals surface area contributed by atoms with Crippen molar-refractivity contribution in [1.82, 2.24) is 4.90 Å². The van der Waals surface area contributed by atoms with Crippen LogP contribution in [0.25, 0.3) is 0 Å². The van der Waals surface area contributed by atoms with Crippen LogP contribution in [0.4, 0.5) is 0 Å². The van der Waals surface area contributed by atoms with E-state index >= 15 is 0 Å². The minimum atomic E-state index is -3.81. The number of aliphatic hydroxyl groups is 1. The van der Waals surface area contributed by atoms with Crippen molar-refractivity contribution >= 4 is 21.4 Å². The number of benzene rings is 4. The lowest BCUT2D eigenvalue weighted by molar-refractivity contribution is 0.109. The molecular weight excluding hydrogens is 494 g/mol. The van der Waals surface area contributed by atoms with Crippen LogP contribution in [0.5, 0.6) is 5.75 Å². The fraction of sp³-hybridized carbons (Fsp3) is 0.172. The lowest BCUT2D eigenvalue weighted by Gasteiger charge is -2.25. The first-order valence-corrected chi connectivity index (χ1v) is 13.5. The number of aliphatic hydroxyl groups excluding tert-OH is 1. The SMILES string of the molecule is O=S(=O)(c1ccc(CCN(Cc2ccccc2)C[C@@H](O)c2cccc(Cl)c2)cc1)c1ccccc1O. The zero-order chi connectivity index (χ0) is 25.5. The van der Waals surface area contributed by atoms with Crippen LogP contribution < -0.4 is 0 Å². The summed E-state index contributed by atoms with van der Waals surface area (Å²) in [5.74, 6) is -0.267. The van der Waals surface area contributed by atoms with Crippen LogP contribution >= 0.6 is 11.6 Å². The fourth-order valence-electron chi connectivity index (χ4n) is 4.07. The van der Waals surface area contributed by atoms with Gasteiger partial charge in [-0.05, 0) is 59.5 Å². The van der Waals surface area contributed by atoms with Crippen LogP contribution in [-0.4, -0.2) is 36.6 Å². The highest BCUT2D eigenvalue weighted by atomic mass is 35.5. The number of nitrogens with zero attached hydrogens (tertiary/aromatic N) is 1. The van der Waals surface area contributed by atoms with Gasteiger partial charge in [-0.15, -0.1) is 0 Å². The van der Waals surface area contributed by atoms with Crippen molar-refractivity contribution < 1.29 is 18.6 Å². The van der Waals surface area contributed by atoms with Gasteiger partial charge in [-0.1, -0.05) is 78.3 Å². The molecule has 0 aromatic heterocycles. The highest BCUT2D eigenvalue weighted by Crippen LogP contribution is 2.28. The molecule has 0 saturated heterocycles. The van der Waals surface area contributed by atoms with Gasteiger partial charge in [0.25, 0.3) is 0 Å². The summed E-state index contributed by atoms with van der Waals surface area (Å²) in [6, 6.07) is 29.9. The van der Waals surface area contributed by atoms with Crippen molar-refractivity contribution in [1.29, 1.82) is 0 Å². The van der Waals surface area contributed by atoms with E-state index in [1.54, 1.807) is 48.5 Å². The molecule has 2 N–H and O–H groups in total. The third-order valence-electron chi connectivity index (χ3n) is 6.02. The predicted molar refractivity (Wildman–Crippen MR) is 142 cm³/mol. The van der Waals surface area contributed by atoms with Crippen molar-refractivity contribution in [2.45, 2.75) is 28.9 Å².